The van der Waals surface area contributed by atoms with Gasteiger partial charge in [0.15, 0.2) is 0 Å². The van der Waals surface area contributed by atoms with Gasteiger partial charge < -0.3 is 20.4 Å². The molecule has 0 bridgehead atoms. The van der Waals surface area contributed by atoms with E-state index in [0.717, 1.165) is 0 Å². The molecule has 0 spiro atoms. The Balaban J connectivity index is 2.98. The summed E-state index contributed by atoms with van der Waals surface area (Å²) in [5.74, 6) is 0.282. The molecule has 0 amide bonds. The highest BCUT2D eigenvalue weighted by Gasteiger charge is 2.14. The normalized spacial score (nSPS) is 9.85. The maximum absolute atomic E-state index is 8.57. The van der Waals surface area contributed by atoms with Crippen LogP contribution in [0.15, 0.2) is 18.2 Å². The molecular formula is C7H9BClNO3. The first-order valence-electron chi connectivity index (χ1n) is 3.65. The van der Waals surface area contributed by atoms with Crippen molar-refractivity contribution >= 4 is 18.9 Å². The fourth-order valence-electron chi connectivity index (χ4n) is 0.961. The van der Waals surface area contributed by atoms with Crippen LogP contribution in [0.3, 0.4) is 0 Å². The third kappa shape index (κ3) is 2.60. The Kier molecular flexibility index (Phi) is 3.56. The zero-order chi connectivity index (χ0) is 9.84. The summed E-state index contributed by atoms with van der Waals surface area (Å²) in [4.78, 5) is 0. The predicted molar refractivity (Wildman–Crippen MR) is 50.2 cm³/mol. The van der Waals surface area contributed by atoms with Gasteiger partial charge >= 0.3 is 7.32 Å². The number of nitrogens with two attached hydrogens (primary N) is 1. The van der Waals surface area contributed by atoms with Crippen LogP contribution in [0.25, 0.3) is 0 Å². The van der Waals surface area contributed by atoms with E-state index in [1.54, 1.807) is 18.2 Å². The molecule has 0 heterocycles. The highest BCUT2D eigenvalue weighted by atomic mass is 35.5. The first-order chi connectivity index (χ1) is 6.15. The molecule has 0 unspecified atom stereocenters. The van der Waals surface area contributed by atoms with Gasteiger partial charge in [0.1, 0.15) is 5.75 Å². The zero-order valence-electron chi connectivity index (χ0n) is 6.77. The van der Waals surface area contributed by atoms with Gasteiger partial charge in [-0.15, -0.1) is 0 Å². The zero-order valence-corrected chi connectivity index (χ0v) is 7.53. The van der Waals surface area contributed by atoms with Crippen molar-refractivity contribution in [1.29, 1.82) is 0 Å². The Labute approximate surface area is 81.1 Å². The highest BCUT2D eigenvalue weighted by molar-refractivity contribution is 6.34. The van der Waals surface area contributed by atoms with E-state index in [4.69, 9.17) is 27.4 Å². The molecule has 6 heteroatoms. The summed E-state index contributed by atoms with van der Waals surface area (Å²) in [6.45, 7) is 0.182. The number of hydrogen-bond acceptors (Lipinski definition) is 4. The van der Waals surface area contributed by atoms with Crippen molar-refractivity contribution in [3.63, 3.8) is 0 Å². The molecule has 0 saturated heterocycles. The molecule has 4 N–H and O–H groups in total. The summed E-state index contributed by atoms with van der Waals surface area (Å²) in [6, 6.07) is 4.85. The Morgan fingerprint density at radius 1 is 1.46 bits per heavy atom. The van der Waals surface area contributed by atoms with Gasteiger partial charge in [-0.3, -0.25) is 0 Å². The molecule has 1 aromatic rings. The van der Waals surface area contributed by atoms with Gasteiger partial charge in [0.05, 0.1) is 0 Å². The first kappa shape index (κ1) is 10.3. The van der Waals surface area contributed by atoms with Gasteiger partial charge in [0.25, 0.3) is 0 Å². The molecule has 0 aliphatic carbocycles. The Hall–Kier alpha value is -0.745. The van der Waals surface area contributed by atoms with Crippen LogP contribution in [0.5, 0.6) is 5.75 Å². The second-order valence-corrected chi connectivity index (χ2v) is 2.77. The standard InChI is InChI=1S/C7H9BClNO3/c9-6-2-1-3-7(5(6)4-10)13-8(11)12/h1-3,11-12H,4,10H2. The highest BCUT2D eigenvalue weighted by Crippen LogP contribution is 2.25. The van der Waals surface area contributed by atoms with Crippen LogP contribution in [0.4, 0.5) is 0 Å². The summed E-state index contributed by atoms with van der Waals surface area (Å²) in [5, 5.41) is 17.6. The Morgan fingerprint density at radius 3 is 2.69 bits per heavy atom. The second-order valence-electron chi connectivity index (χ2n) is 2.36. The van der Waals surface area contributed by atoms with E-state index in [0.29, 0.717) is 10.6 Å². The first-order valence-corrected chi connectivity index (χ1v) is 4.03. The van der Waals surface area contributed by atoms with Gasteiger partial charge in [0.2, 0.25) is 0 Å². The van der Waals surface area contributed by atoms with E-state index in [1.165, 1.54) is 0 Å². The Bertz CT molecular complexity index is 295. The van der Waals surface area contributed by atoms with Gasteiger partial charge in [-0.05, 0) is 12.1 Å². The summed E-state index contributed by atoms with van der Waals surface area (Å²) in [7, 11) is -1.86. The number of benzene rings is 1. The molecule has 70 valence electrons. The summed E-state index contributed by atoms with van der Waals surface area (Å²) >= 11 is 5.79. The van der Waals surface area contributed by atoms with Crippen molar-refractivity contribution in [2.24, 2.45) is 5.73 Å². The van der Waals surface area contributed by atoms with Crippen molar-refractivity contribution in [3.8, 4) is 5.75 Å². The maximum atomic E-state index is 8.57. The molecule has 1 rings (SSSR count). The molecule has 4 nitrogen and oxygen atoms in total. The van der Waals surface area contributed by atoms with E-state index in [1.807, 2.05) is 0 Å². The molecule has 0 aromatic heterocycles. The second kappa shape index (κ2) is 4.48. The van der Waals surface area contributed by atoms with Crippen LogP contribution in [-0.4, -0.2) is 17.4 Å². The van der Waals surface area contributed by atoms with Gasteiger partial charge in [-0.1, -0.05) is 17.7 Å². The minimum absolute atomic E-state index is 0.182. The van der Waals surface area contributed by atoms with Crippen molar-refractivity contribution in [2.45, 2.75) is 6.54 Å². The van der Waals surface area contributed by atoms with Gasteiger partial charge in [-0.2, -0.15) is 0 Å². The van der Waals surface area contributed by atoms with E-state index >= 15 is 0 Å². The Morgan fingerprint density at radius 2 is 2.15 bits per heavy atom. The number of halogens is 1. The number of hydrogen-bond donors (Lipinski definition) is 3. The van der Waals surface area contributed by atoms with Gasteiger partial charge in [0, 0.05) is 17.1 Å². The van der Waals surface area contributed by atoms with Crippen LogP contribution in [0, 0.1) is 0 Å². The molecule has 1 aromatic carbocycles. The molecule has 0 saturated carbocycles. The summed E-state index contributed by atoms with van der Waals surface area (Å²) in [6.07, 6.45) is 0. The van der Waals surface area contributed by atoms with Crippen molar-refractivity contribution < 1.29 is 14.7 Å². The van der Waals surface area contributed by atoms with Crippen molar-refractivity contribution in [1.82, 2.24) is 0 Å². The topological polar surface area (TPSA) is 75.7 Å². The fraction of sp³-hybridized carbons (Fsp3) is 0.143. The molecule has 0 radical (unpaired) electrons. The number of rotatable bonds is 3. The average molecular weight is 201 g/mol. The third-order valence-corrected chi connectivity index (χ3v) is 1.87. The quantitative estimate of drug-likeness (QED) is 0.609. The van der Waals surface area contributed by atoms with Crippen LogP contribution in [0.1, 0.15) is 5.56 Å². The van der Waals surface area contributed by atoms with E-state index in [9.17, 15) is 0 Å². The van der Waals surface area contributed by atoms with E-state index in [-0.39, 0.29) is 12.3 Å². The van der Waals surface area contributed by atoms with Crippen LogP contribution in [-0.2, 0) is 6.54 Å². The lowest BCUT2D eigenvalue weighted by Crippen LogP contribution is -2.21. The van der Waals surface area contributed by atoms with Crippen molar-refractivity contribution in [3.05, 3.63) is 28.8 Å². The smallest absolute Gasteiger partial charge is 0.512 e. The molecule has 0 aliphatic rings. The average Bonchev–Trinajstić information content (AvgIpc) is 2.03. The lowest BCUT2D eigenvalue weighted by Gasteiger charge is -2.10. The van der Waals surface area contributed by atoms with E-state index < -0.39 is 7.32 Å². The lowest BCUT2D eigenvalue weighted by atomic mass is 10.1. The predicted octanol–water partition coefficient (Wildman–Crippen LogP) is 0.147. The summed E-state index contributed by atoms with van der Waals surface area (Å²) < 4.78 is 4.66. The van der Waals surface area contributed by atoms with Crippen molar-refractivity contribution in [2.75, 3.05) is 0 Å². The van der Waals surface area contributed by atoms with E-state index in [2.05, 4.69) is 4.65 Å². The minimum atomic E-state index is -1.86. The fourth-order valence-corrected chi connectivity index (χ4v) is 1.20. The molecule has 13 heavy (non-hydrogen) atoms. The van der Waals surface area contributed by atoms with Crippen LogP contribution < -0.4 is 10.4 Å². The molecule has 0 atom stereocenters. The molecule has 0 fully saturated rings. The monoisotopic (exact) mass is 201 g/mol. The SMILES string of the molecule is NCc1c(Cl)cccc1OB(O)O. The largest absolute Gasteiger partial charge is 0.707 e. The molecular weight excluding hydrogens is 192 g/mol. The molecule has 0 aliphatic heterocycles. The van der Waals surface area contributed by atoms with Crippen LogP contribution >= 0.6 is 11.6 Å². The third-order valence-electron chi connectivity index (χ3n) is 1.51. The maximum Gasteiger partial charge on any atom is 0.707 e. The van der Waals surface area contributed by atoms with Gasteiger partial charge in [-0.25, -0.2) is 0 Å². The minimum Gasteiger partial charge on any atom is -0.512 e. The lowest BCUT2D eigenvalue weighted by molar-refractivity contribution is 0.287. The summed E-state index contributed by atoms with van der Waals surface area (Å²) in [5.41, 5.74) is 5.95. The van der Waals surface area contributed by atoms with Crippen LogP contribution in [0.2, 0.25) is 5.02 Å².